The molecule has 0 radical (unpaired) electrons. The fourth-order valence-electron chi connectivity index (χ4n) is 3.27. The lowest BCUT2D eigenvalue weighted by atomic mass is 9.85. The van der Waals surface area contributed by atoms with Gasteiger partial charge in [0, 0.05) is 24.2 Å². The van der Waals surface area contributed by atoms with Crippen molar-refractivity contribution in [1.82, 2.24) is 0 Å². The molecule has 0 spiro atoms. The molecule has 1 fully saturated rings. The number of nitrogens with zero attached hydrogens (tertiary/aromatic N) is 2. The molecule has 1 heterocycles. The first-order chi connectivity index (χ1) is 8.84. The minimum atomic E-state index is -0.644. The Morgan fingerprint density at radius 3 is 2.58 bits per heavy atom. The fraction of sp³-hybridized carbons (Fsp3) is 0.562. The molecule has 2 atom stereocenters. The maximum atomic E-state index is 10.2. The highest BCUT2D eigenvalue weighted by Gasteiger charge is 2.39. The van der Waals surface area contributed by atoms with Gasteiger partial charge < -0.3 is 10.0 Å². The summed E-state index contributed by atoms with van der Waals surface area (Å²) in [6.07, 6.45) is 1.00. The van der Waals surface area contributed by atoms with Crippen LogP contribution in [0.15, 0.2) is 18.2 Å². The van der Waals surface area contributed by atoms with Crippen LogP contribution in [-0.4, -0.2) is 23.3 Å². The summed E-state index contributed by atoms with van der Waals surface area (Å²) in [7, 11) is 0. The third-order valence-corrected chi connectivity index (χ3v) is 4.30. The molecule has 0 amide bonds. The van der Waals surface area contributed by atoms with Crippen molar-refractivity contribution in [3.05, 3.63) is 29.3 Å². The minimum Gasteiger partial charge on any atom is -0.390 e. The number of benzene rings is 1. The number of hydrogen-bond donors (Lipinski definition) is 1. The van der Waals surface area contributed by atoms with Crippen LogP contribution in [0, 0.1) is 24.2 Å². The lowest BCUT2D eigenvalue weighted by molar-refractivity contribution is 0.0156. The van der Waals surface area contributed by atoms with E-state index in [1.54, 1.807) is 0 Å². The standard InChI is InChI=1S/C16H22N2O/c1-11-9-13(10-17)5-6-15(11)18-8-7-14(12(18)2)16(3,4)19/h5-6,9,12,14,19H,7-8H2,1-4H3/t12-,14-/m0/s1. The molecule has 1 aliphatic heterocycles. The van der Waals surface area contributed by atoms with Gasteiger partial charge in [-0.15, -0.1) is 0 Å². The molecular formula is C16H22N2O. The Kier molecular flexibility index (Phi) is 3.56. The highest BCUT2D eigenvalue weighted by Crippen LogP contribution is 2.37. The zero-order chi connectivity index (χ0) is 14.2. The Hall–Kier alpha value is -1.53. The number of nitriles is 1. The van der Waals surface area contributed by atoms with E-state index in [0.717, 1.165) is 18.5 Å². The Morgan fingerprint density at radius 2 is 2.11 bits per heavy atom. The van der Waals surface area contributed by atoms with Gasteiger partial charge in [0.1, 0.15) is 0 Å². The van der Waals surface area contributed by atoms with E-state index in [2.05, 4.69) is 17.9 Å². The van der Waals surface area contributed by atoms with E-state index in [4.69, 9.17) is 5.26 Å². The number of hydrogen-bond acceptors (Lipinski definition) is 3. The molecule has 3 heteroatoms. The molecule has 0 aliphatic carbocycles. The predicted molar refractivity (Wildman–Crippen MR) is 77.1 cm³/mol. The Morgan fingerprint density at radius 1 is 1.42 bits per heavy atom. The smallest absolute Gasteiger partial charge is 0.0991 e. The highest BCUT2D eigenvalue weighted by atomic mass is 16.3. The van der Waals surface area contributed by atoms with Crippen molar-refractivity contribution in [2.45, 2.75) is 45.8 Å². The molecule has 1 aromatic rings. The van der Waals surface area contributed by atoms with Gasteiger partial charge in [-0.25, -0.2) is 0 Å². The Labute approximate surface area is 115 Å². The van der Waals surface area contributed by atoms with Crippen molar-refractivity contribution in [2.24, 2.45) is 5.92 Å². The molecule has 0 bridgehead atoms. The number of anilines is 1. The Bertz CT molecular complexity index is 510. The third-order valence-electron chi connectivity index (χ3n) is 4.30. The number of rotatable bonds is 2. The van der Waals surface area contributed by atoms with Crippen LogP contribution in [0.1, 0.15) is 38.3 Å². The molecular weight excluding hydrogens is 236 g/mol. The molecule has 0 saturated carbocycles. The molecule has 19 heavy (non-hydrogen) atoms. The van der Waals surface area contributed by atoms with Crippen molar-refractivity contribution >= 4 is 5.69 Å². The van der Waals surface area contributed by atoms with Crippen molar-refractivity contribution in [3.63, 3.8) is 0 Å². The van der Waals surface area contributed by atoms with E-state index in [-0.39, 0.29) is 5.92 Å². The van der Waals surface area contributed by atoms with E-state index < -0.39 is 5.60 Å². The van der Waals surface area contributed by atoms with E-state index >= 15 is 0 Å². The summed E-state index contributed by atoms with van der Waals surface area (Å²) in [5.41, 5.74) is 2.36. The van der Waals surface area contributed by atoms with Crippen LogP contribution in [0.3, 0.4) is 0 Å². The third kappa shape index (κ3) is 2.59. The first-order valence-electron chi connectivity index (χ1n) is 6.84. The topological polar surface area (TPSA) is 47.3 Å². The maximum Gasteiger partial charge on any atom is 0.0991 e. The molecule has 1 N–H and O–H groups in total. The second-order valence-electron chi connectivity index (χ2n) is 6.10. The van der Waals surface area contributed by atoms with E-state index in [1.165, 1.54) is 5.69 Å². The summed E-state index contributed by atoms with van der Waals surface area (Å²) >= 11 is 0. The molecule has 0 unspecified atom stereocenters. The number of aliphatic hydroxyl groups is 1. The highest BCUT2D eigenvalue weighted by molar-refractivity contribution is 5.57. The van der Waals surface area contributed by atoms with Crippen LogP contribution < -0.4 is 4.90 Å². The van der Waals surface area contributed by atoms with E-state index in [1.807, 2.05) is 39.0 Å². The minimum absolute atomic E-state index is 0.280. The van der Waals surface area contributed by atoms with Gasteiger partial charge in [-0.1, -0.05) is 0 Å². The van der Waals surface area contributed by atoms with Gasteiger partial charge >= 0.3 is 0 Å². The van der Waals surface area contributed by atoms with E-state index in [0.29, 0.717) is 11.6 Å². The van der Waals surface area contributed by atoms with E-state index in [9.17, 15) is 5.11 Å². The van der Waals surface area contributed by atoms with Crippen molar-refractivity contribution in [3.8, 4) is 6.07 Å². The molecule has 102 valence electrons. The first-order valence-corrected chi connectivity index (χ1v) is 6.84. The summed E-state index contributed by atoms with van der Waals surface area (Å²) in [6.45, 7) is 8.96. The monoisotopic (exact) mass is 258 g/mol. The van der Waals surface area contributed by atoms with Gasteiger partial charge in [0.15, 0.2) is 0 Å². The fourth-order valence-corrected chi connectivity index (χ4v) is 3.27. The van der Waals surface area contributed by atoms with Crippen LogP contribution >= 0.6 is 0 Å². The van der Waals surface area contributed by atoms with Gasteiger partial charge in [-0.2, -0.15) is 5.26 Å². The van der Waals surface area contributed by atoms with Crippen LogP contribution in [0.2, 0.25) is 0 Å². The molecule has 1 aromatic carbocycles. The molecule has 0 aromatic heterocycles. The summed E-state index contributed by atoms with van der Waals surface area (Å²) in [4.78, 5) is 2.35. The quantitative estimate of drug-likeness (QED) is 0.887. The van der Waals surface area contributed by atoms with Crippen LogP contribution in [0.25, 0.3) is 0 Å². The Balaban J connectivity index is 2.28. The molecule has 1 aliphatic rings. The molecule has 3 nitrogen and oxygen atoms in total. The van der Waals surface area contributed by atoms with Crippen molar-refractivity contribution < 1.29 is 5.11 Å². The SMILES string of the molecule is Cc1cc(C#N)ccc1N1CC[C@H](C(C)(C)O)[C@@H]1C. The average Bonchev–Trinajstić information content (AvgIpc) is 2.70. The summed E-state index contributed by atoms with van der Waals surface area (Å²) in [5, 5.41) is 19.2. The molecule has 1 saturated heterocycles. The van der Waals surface area contributed by atoms with Crippen LogP contribution in [-0.2, 0) is 0 Å². The number of aryl methyl sites for hydroxylation is 1. The summed E-state index contributed by atoms with van der Waals surface area (Å²) in [5.74, 6) is 0.280. The van der Waals surface area contributed by atoms with Gasteiger partial charge in [0.05, 0.1) is 17.2 Å². The largest absolute Gasteiger partial charge is 0.390 e. The van der Waals surface area contributed by atoms with Gasteiger partial charge in [-0.3, -0.25) is 0 Å². The summed E-state index contributed by atoms with van der Waals surface area (Å²) in [6, 6.07) is 8.31. The zero-order valence-corrected chi connectivity index (χ0v) is 12.1. The van der Waals surface area contributed by atoms with Crippen LogP contribution in [0.4, 0.5) is 5.69 Å². The van der Waals surface area contributed by atoms with Gasteiger partial charge in [-0.05, 0) is 57.9 Å². The summed E-state index contributed by atoms with van der Waals surface area (Å²) < 4.78 is 0. The van der Waals surface area contributed by atoms with Gasteiger partial charge in [0.25, 0.3) is 0 Å². The van der Waals surface area contributed by atoms with Gasteiger partial charge in [0.2, 0.25) is 0 Å². The van der Waals surface area contributed by atoms with Crippen LogP contribution in [0.5, 0.6) is 0 Å². The van der Waals surface area contributed by atoms with Crippen molar-refractivity contribution in [2.75, 3.05) is 11.4 Å². The zero-order valence-electron chi connectivity index (χ0n) is 12.1. The second kappa shape index (κ2) is 4.86. The molecule has 2 rings (SSSR count). The first kappa shape index (κ1) is 13.9. The predicted octanol–water partition coefficient (Wildman–Crippen LogP) is 2.85. The van der Waals surface area contributed by atoms with Crippen molar-refractivity contribution in [1.29, 1.82) is 5.26 Å². The lowest BCUT2D eigenvalue weighted by Crippen LogP contribution is -2.40. The second-order valence-corrected chi connectivity index (χ2v) is 6.10. The maximum absolute atomic E-state index is 10.2. The normalized spacial score (nSPS) is 23.5. The average molecular weight is 258 g/mol. The lowest BCUT2D eigenvalue weighted by Gasteiger charge is -2.33.